The number of hydrogen-bond acceptors (Lipinski definition) is 5. The summed E-state index contributed by atoms with van der Waals surface area (Å²) >= 11 is 1.60. The van der Waals surface area contributed by atoms with Gasteiger partial charge in [0.15, 0.2) is 0 Å². The van der Waals surface area contributed by atoms with Crippen LogP contribution in [-0.4, -0.2) is 23.0 Å². The lowest BCUT2D eigenvalue weighted by molar-refractivity contribution is 0.0947. The predicted molar refractivity (Wildman–Crippen MR) is 89.5 cm³/mol. The van der Waals surface area contributed by atoms with Crippen molar-refractivity contribution in [3.05, 3.63) is 64.7 Å². The van der Waals surface area contributed by atoms with Crippen LogP contribution in [0.2, 0.25) is 0 Å². The summed E-state index contributed by atoms with van der Waals surface area (Å²) in [6, 6.07) is 9.10. The lowest BCUT2D eigenvalue weighted by Crippen LogP contribution is -2.24. The first-order valence-electron chi connectivity index (χ1n) is 7.03. The van der Waals surface area contributed by atoms with Crippen molar-refractivity contribution in [3.63, 3.8) is 0 Å². The minimum atomic E-state index is -0.204. The van der Waals surface area contributed by atoms with Gasteiger partial charge in [0, 0.05) is 23.3 Å². The van der Waals surface area contributed by atoms with Crippen molar-refractivity contribution in [1.29, 1.82) is 0 Å². The number of thiophene rings is 1. The topological polar surface area (TPSA) is 64.1 Å². The molecule has 0 spiro atoms. The third-order valence-electron chi connectivity index (χ3n) is 3.34. The second-order valence-corrected chi connectivity index (χ2v) is 5.53. The summed E-state index contributed by atoms with van der Waals surface area (Å²) in [5, 5.41) is 6.87. The molecule has 0 unspecified atom stereocenters. The molecule has 0 aliphatic carbocycles. The zero-order valence-corrected chi connectivity index (χ0v) is 13.3. The minimum Gasteiger partial charge on any atom is -0.496 e. The van der Waals surface area contributed by atoms with Crippen molar-refractivity contribution < 1.29 is 9.53 Å². The molecule has 2 heterocycles. The first kappa shape index (κ1) is 15.2. The molecule has 1 N–H and O–H groups in total. The molecule has 0 atom stereocenters. The van der Waals surface area contributed by atoms with E-state index in [9.17, 15) is 4.79 Å². The van der Waals surface area contributed by atoms with Gasteiger partial charge in [-0.3, -0.25) is 14.8 Å². The third kappa shape index (κ3) is 3.37. The summed E-state index contributed by atoms with van der Waals surface area (Å²) in [4.78, 5) is 21.1. The zero-order chi connectivity index (χ0) is 16.1. The fourth-order valence-electron chi connectivity index (χ4n) is 2.23. The summed E-state index contributed by atoms with van der Waals surface area (Å²) in [5.41, 5.74) is 3.02. The van der Waals surface area contributed by atoms with E-state index in [1.165, 1.54) is 0 Å². The highest BCUT2D eigenvalue weighted by Gasteiger charge is 2.13. The molecular weight excluding hydrogens is 310 g/mol. The van der Waals surface area contributed by atoms with Gasteiger partial charge < -0.3 is 10.1 Å². The quantitative estimate of drug-likeness (QED) is 0.783. The maximum atomic E-state index is 12.4. The Morgan fingerprint density at radius 2 is 2.04 bits per heavy atom. The lowest BCUT2D eigenvalue weighted by atomic mass is 10.1. The van der Waals surface area contributed by atoms with E-state index in [1.807, 2.05) is 22.9 Å². The van der Waals surface area contributed by atoms with E-state index in [0.717, 1.165) is 17.0 Å². The number of benzene rings is 1. The van der Waals surface area contributed by atoms with Gasteiger partial charge in [0.2, 0.25) is 0 Å². The number of amides is 1. The van der Waals surface area contributed by atoms with Crippen molar-refractivity contribution in [2.24, 2.45) is 0 Å². The molecule has 3 aromatic rings. The number of para-hydroxylation sites is 1. The fourth-order valence-corrected chi connectivity index (χ4v) is 2.87. The molecule has 0 fully saturated rings. The van der Waals surface area contributed by atoms with Crippen LogP contribution in [0, 0.1) is 0 Å². The largest absolute Gasteiger partial charge is 0.496 e. The summed E-state index contributed by atoms with van der Waals surface area (Å²) in [5.74, 6) is 0.339. The highest BCUT2D eigenvalue weighted by Crippen LogP contribution is 2.22. The Bertz CT molecular complexity index is 803. The van der Waals surface area contributed by atoms with Crippen LogP contribution in [0.5, 0.6) is 5.75 Å². The molecule has 0 bridgehead atoms. The average molecular weight is 325 g/mol. The second kappa shape index (κ2) is 7.02. The molecule has 1 aromatic carbocycles. The monoisotopic (exact) mass is 325 g/mol. The Morgan fingerprint density at radius 3 is 2.83 bits per heavy atom. The number of aromatic nitrogens is 2. The minimum absolute atomic E-state index is 0.204. The van der Waals surface area contributed by atoms with E-state index in [0.29, 0.717) is 17.9 Å². The molecule has 1 amide bonds. The molecule has 0 saturated carbocycles. The van der Waals surface area contributed by atoms with Gasteiger partial charge >= 0.3 is 0 Å². The number of rotatable bonds is 5. The van der Waals surface area contributed by atoms with Crippen LogP contribution in [0.15, 0.2) is 53.5 Å². The van der Waals surface area contributed by atoms with Crippen molar-refractivity contribution in [1.82, 2.24) is 15.3 Å². The summed E-state index contributed by atoms with van der Waals surface area (Å²) in [6.45, 7) is 0.301. The van der Waals surface area contributed by atoms with Gasteiger partial charge in [-0.1, -0.05) is 12.1 Å². The van der Waals surface area contributed by atoms with Crippen molar-refractivity contribution >= 4 is 17.2 Å². The fraction of sp³-hybridized carbons (Fsp3) is 0.118. The SMILES string of the molecule is COc1ccccc1C(=O)NCc1nccnc1-c1ccsc1. The molecular formula is C17H15N3O2S. The molecule has 23 heavy (non-hydrogen) atoms. The number of ether oxygens (including phenoxy) is 1. The van der Waals surface area contributed by atoms with Gasteiger partial charge in [-0.25, -0.2) is 0 Å². The zero-order valence-electron chi connectivity index (χ0n) is 12.5. The van der Waals surface area contributed by atoms with Gasteiger partial charge in [0.1, 0.15) is 5.75 Å². The molecule has 0 aliphatic rings. The molecule has 0 radical (unpaired) electrons. The van der Waals surface area contributed by atoms with Crippen molar-refractivity contribution in [2.45, 2.75) is 6.54 Å². The summed E-state index contributed by atoms with van der Waals surface area (Å²) in [7, 11) is 1.55. The van der Waals surface area contributed by atoms with Gasteiger partial charge in [0.25, 0.3) is 5.91 Å². The first-order chi connectivity index (χ1) is 11.3. The van der Waals surface area contributed by atoms with Gasteiger partial charge in [0.05, 0.1) is 30.6 Å². The predicted octanol–water partition coefficient (Wildman–Crippen LogP) is 3.14. The van der Waals surface area contributed by atoms with E-state index in [1.54, 1.807) is 49.0 Å². The Labute approximate surface area is 138 Å². The van der Waals surface area contributed by atoms with Crippen molar-refractivity contribution in [2.75, 3.05) is 7.11 Å². The van der Waals surface area contributed by atoms with Crippen molar-refractivity contribution in [3.8, 4) is 17.0 Å². The second-order valence-electron chi connectivity index (χ2n) is 4.75. The van der Waals surface area contributed by atoms with Crippen LogP contribution in [0.4, 0.5) is 0 Å². The van der Waals surface area contributed by atoms with Crippen LogP contribution >= 0.6 is 11.3 Å². The average Bonchev–Trinajstić information content (AvgIpc) is 3.14. The van der Waals surface area contributed by atoms with Gasteiger partial charge in [-0.15, -0.1) is 0 Å². The third-order valence-corrected chi connectivity index (χ3v) is 4.02. The lowest BCUT2D eigenvalue weighted by Gasteiger charge is -2.10. The molecule has 6 heteroatoms. The van der Waals surface area contributed by atoms with E-state index >= 15 is 0 Å². The Hall–Kier alpha value is -2.73. The number of nitrogens with zero attached hydrogens (tertiary/aromatic N) is 2. The van der Waals surface area contributed by atoms with E-state index < -0.39 is 0 Å². The van der Waals surface area contributed by atoms with Gasteiger partial charge in [-0.05, 0) is 23.6 Å². The highest BCUT2D eigenvalue weighted by atomic mass is 32.1. The number of hydrogen-bond donors (Lipinski definition) is 1. The summed E-state index contributed by atoms with van der Waals surface area (Å²) in [6.07, 6.45) is 3.28. The normalized spacial score (nSPS) is 10.3. The van der Waals surface area contributed by atoms with E-state index in [-0.39, 0.29) is 5.91 Å². The maximum absolute atomic E-state index is 12.4. The molecule has 2 aromatic heterocycles. The molecule has 0 saturated heterocycles. The van der Waals surface area contributed by atoms with E-state index in [2.05, 4.69) is 15.3 Å². The maximum Gasteiger partial charge on any atom is 0.255 e. The number of nitrogens with one attached hydrogen (secondary N) is 1. The molecule has 116 valence electrons. The summed E-state index contributed by atoms with van der Waals surface area (Å²) < 4.78 is 5.21. The Balaban J connectivity index is 1.78. The Kier molecular flexibility index (Phi) is 4.63. The highest BCUT2D eigenvalue weighted by molar-refractivity contribution is 7.08. The molecule has 0 aliphatic heterocycles. The number of carbonyl (C=O) groups excluding carboxylic acids is 1. The number of carbonyl (C=O) groups is 1. The standard InChI is InChI=1S/C17H15N3O2S/c1-22-15-5-3-2-4-13(15)17(21)20-10-14-16(19-8-7-18-14)12-6-9-23-11-12/h2-9,11H,10H2,1H3,(H,20,21). The first-order valence-corrected chi connectivity index (χ1v) is 7.97. The smallest absolute Gasteiger partial charge is 0.255 e. The molecule has 3 rings (SSSR count). The molecule has 5 nitrogen and oxygen atoms in total. The van der Waals surface area contributed by atoms with Crippen LogP contribution in [0.3, 0.4) is 0 Å². The van der Waals surface area contributed by atoms with Crippen LogP contribution in [-0.2, 0) is 6.54 Å². The van der Waals surface area contributed by atoms with Crippen LogP contribution < -0.4 is 10.1 Å². The number of methoxy groups -OCH3 is 1. The van der Waals surface area contributed by atoms with Crippen LogP contribution in [0.1, 0.15) is 16.1 Å². The van der Waals surface area contributed by atoms with Gasteiger partial charge in [-0.2, -0.15) is 11.3 Å². The van der Waals surface area contributed by atoms with Crippen LogP contribution in [0.25, 0.3) is 11.3 Å². The Morgan fingerprint density at radius 1 is 1.22 bits per heavy atom. The van der Waals surface area contributed by atoms with E-state index in [4.69, 9.17) is 4.74 Å².